The summed E-state index contributed by atoms with van der Waals surface area (Å²) in [7, 11) is 3.74. The minimum absolute atomic E-state index is 0.171. The number of aryl methyl sites for hydroxylation is 3. The van der Waals surface area contributed by atoms with Crippen molar-refractivity contribution in [1.29, 1.82) is 0 Å². The third-order valence-electron chi connectivity index (χ3n) is 8.46. The van der Waals surface area contributed by atoms with Crippen molar-refractivity contribution in [2.45, 2.75) is 51.2 Å². The van der Waals surface area contributed by atoms with Crippen LogP contribution < -0.4 is 4.74 Å². The second-order valence-electron chi connectivity index (χ2n) is 11.2. The number of nitrogens with zero attached hydrogens (tertiary/aromatic N) is 1. The summed E-state index contributed by atoms with van der Waals surface area (Å²) in [6.45, 7) is 3.49. The highest BCUT2D eigenvalue weighted by atomic mass is 16.6. The predicted molar refractivity (Wildman–Crippen MR) is 172 cm³/mol. The molecule has 224 valence electrons. The van der Waals surface area contributed by atoms with Gasteiger partial charge in [0, 0.05) is 20.1 Å². The largest absolute Gasteiger partial charge is 0.492 e. The number of methoxy groups -OCH3 is 1. The van der Waals surface area contributed by atoms with Gasteiger partial charge in [0.2, 0.25) is 0 Å². The highest BCUT2D eigenvalue weighted by Crippen LogP contribution is 2.37. The van der Waals surface area contributed by atoms with Crippen molar-refractivity contribution in [3.05, 3.63) is 136 Å². The lowest BCUT2D eigenvalue weighted by molar-refractivity contribution is -0.154. The lowest BCUT2D eigenvalue weighted by Crippen LogP contribution is -2.30. The molecule has 5 nitrogen and oxygen atoms in total. The van der Waals surface area contributed by atoms with Gasteiger partial charge in [0.1, 0.15) is 12.4 Å². The highest BCUT2D eigenvalue weighted by molar-refractivity contribution is 5.75. The molecule has 1 aliphatic rings. The fourth-order valence-corrected chi connectivity index (χ4v) is 6.17. The Labute approximate surface area is 256 Å². The molecule has 0 amide bonds. The summed E-state index contributed by atoms with van der Waals surface area (Å²) in [6, 6.07) is 34.7. The Bertz CT molecular complexity index is 1470. The summed E-state index contributed by atoms with van der Waals surface area (Å²) in [5.41, 5.74) is 9.58. The second-order valence-corrected chi connectivity index (χ2v) is 11.2. The van der Waals surface area contributed by atoms with Gasteiger partial charge in [-0.3, -0.25) is 4.90 Å². The van der Waals surface area contributed by atoms with Crippen LogP contribution in [0, 0.1) is 0 Å². The van der Waals surface area contributed by atoms with E-state index in [-0.39, 0.29) is 12.0 Å². The van der Waals surface area contributed by atoms with Crippen LogP contribution in [0.1, 0.15) is 51.9 Å². The quantitative estimate of drug-likeness (QED) is 0.164. The normalized spacial score (nSPS) is 14.8. The number of esters is 1. The molecule has 1 aliphatic carbocycles. The first kappa shape index (κ1) is 30.5. The number of fused-ring (bicyclic) bond motifs is 2. The highest BCUT2D eigenvalue weighted by Gasteiger charge is 2.28. The number of carbonyl (C=O) groups is 1. The fourth-order valence-electron chi connectivity index (χ4n) is 6.17. The first-order valence-electron chi connectivity index (χ1n) is 15.4. The molecular weight excluding hydrogens is 534 g/mol. The van der Waals surface area contributed by atoms with Crippen LogP contribution >= 0.6 is 0 Å². The maximum Gasteiger partial charge on any atom is 0.335 e. The van der Waals surface area contributed by atoms with Gasteiger partial charge in [-0.2, -0.15) is 0 Å². The van der Waals surface area contributed by atoms with E-state index in [1.54, 1.807) is 6.92 Å². The van der Waals surface area contributed by atoms with Gasteiger partial charge < -0.3 is 14.2 Å². The summed E-state index contributed by atoms with van der Waals surface area (Å²) < 4.78 is 16.6. The summed E-state index contributed by atoms with van der Waals surface area (Å²) in [4.78, 5) is 14.5. The monoisotopic (exact) mass is 577 g/mol. The van der Waals surface area contributed by atoms with E-state index in [0.717, 1.165) is 43.5 Å². The van der Waals surface area contributed by atoms with E-state index in [1.165, 1.54) is 40.5 Å². The van der Waals surface area contributed by atoms with Gasteiger partial charge in [-0.05, 0) is 90.7 Å². The summed E-state index contributed by atoms with van der Waals surface area (Å²) >= 11 is 0. The topological polar surface area (TPSA) is 48.0 Å². The molecule has 5 rings (SSSR count). The molecule has 0 spiro atoms. The molecule has 0 radical (unpaired) electrons. The van der Waals surface area contributed by atoms with Gasteiger partial charge in [0.25, 0.3) is 0 Å². The van der Waals surface area contributed by atoms with Gasteiger partial charge in [0.05, 0.1) is 12.6 Å². The molecule has 4 aromatic rings. The average molecular weight is 578 g/mol. The number of hydrogen-bond acceptors (Lipinski definition) is 5. The second kappa shape index (κ2) is 15.0. The number of ether oxygens (including phenoxy) is 3. The maximum absolute atomic E-state index is 12.1. The minimum Gasteiger partial charge on any atom is -0.492 e. The summed E-state index contributed by atoms with van der Waals surface area (Å²) in [5.74, 6) is 0.477. The SMILES string of the molecule is CCOC(=O)C(Cc1ccc(OCCN(C)C2c3ccccc3CCc3c(CCc4ccccc4)cccc32)cc1)OC. The van der Waals surface area contributed by atoms with Crippen LogP contribution in [0.15, 0.2) is 97.1 Å². The van der Waals surface area contributed by atoms with E-state index < -0.39 is 6.10 Å². The molecule has 0 saturated carbocycles. The number of rotatable bonds is 13. The Kier molecular flexibility index (Phi) is 10.6. The van der Waals surface area contributed by atoms with Crippen LogP contribution in [0.4, 0.5) is 0 Å². The average Bonchev–Trinajstić information content (AvgIpc) is 3.21. The van der Waals surface area contributed by atoms with Crippen molar-refractivity contribution in [3.8, 4) is 5.75 Å². The summed E-state index contributed by atoms with van der Waals surface area (Å²) in [6.07, 6.45) is 4.07. The van der Waals surface area contributed by atoms with Crippen LogP contribution in [0.5, 0.6) is 5.75 Å². The molecule has 2 atom stereocenters. The van der Waals surface area contributed by atoms with Crippen molar-refractivity contribution in [3.63, 3.8) is 0 Å². The standard InChI is InChI=1S/C38H43NO4/c1-4-42-38(40)36(41-3)27-29-18-22-32(23-19-29)43-26-25-39(2)37-34-15-9-8-13-31(34)21-24-33-30(14-10-16-35(33)37)20-17-28-11-6-5-7-12-28/h5-16,18-19,22-23,36-37H,4,17,20-21,24-27H2,1-3H3. The van der Waals surface area contributed by atoms with E-state index in [9.17, 15) is 4.79 Å². The van der Waals surface area contributed by atoms with E-state index in [0.29, 0.717) is 19.6 Å². The van der Waals surface area contributed by atoms with E-state index in [4.69, 9.17) is 14.2 Å². The van der Waals surface area contributed by atoms with Crippen LogP contribution in [0.2, 0.25) is 0 Å². The van der Waals surface area contributed by atoms with Crippen LogP contribution in [-0.4, -0.2) is 50.9 Å². The molecule has 0 aromatic heterocycles. The first-order chi connectivity index (χ1) is 21.1. The minimum atomic E-state index is -0.607. The zero-order valence-corrected chi connectivity index (χ0v) is 25.6. The van der Waals surface area contributed by atoms with Gasteiger partial charge in [0.15, 0.2) is 6.10 Å². The first-order valence-corrected chi connectivity index (χ1v) is 15.4. The van der Waals surface area contributed by atoms with E-state index in [2.05, 4.69) is 84.7 Å². The smallest absolute Gasteiger partial charge is 0.335 e. The molecule has 43 heavy (non-hydrogen) atoms. The Morgan fingerprint density at radius 3 is 2.35 bits per heavy atom. The van der Waals surface area contributed by atoms with Crippen molar-refractivity contribution < 1.29 is 19.0 Å². The molecule has 0 fully saturated rings. The Hall–Kier alpha value is -3.93. The van der Waals surface area contributed by atoms with Crippen LogP contribution in [-0.2, 0) is 46.4 Å². The van der Waals surface area contributed by atoms with Gasteiger partial charge in [-0.25, -0.2) is 4.79 Å². The van der Waals surface area contributed by atoms with Gasteiger partial charge in [-0.1, -0.05) is 84.9 Å². The number of benzene rings is 4. The molecule has 0 heterocycles. The van der Waals surface area contributed by atoms with Crippen LogP contribution in [0.3, 0.4) is 0 Å². The number of carbonyl (C=O) groups excluding carboxylic acids is 1. The predicted octanol–water partition coefficient (Wildman–Crippen LogP) is 6.79. The molecule has 0 saturated heterocycles. The molecule has 0 N–H and O–H groups in total. The molecule has 0 aliphatic heterocycles. The fraction of sp³-hybridized carbons (Fsp3) is 0.342. The molecular formula is C38H43NO4. The zero-order valence-electron chi connectivity index (χ0n) is 25.6. The van der Waals surface area contributed by atoms with Crippen molar-refractivity contribution in [2.24, 2.45) is 0 Å². The lowest BCUT2D eigenvalue weighted by atomic mass is 9.89. The third kappa shape index (κ3) is 7.73. The van der Waals surface area contributed by atoms with Crippen LogP contribution in [0.25, 0.3) is 0 Å². The van der Waals surface area contributed by atoms with Gasteiger partial charge in [-0.15, -0.1) is 0 Å². The van der Waals surface area contributed by atoms with Crippen molar-refractivity contribution in [1.82, 2.24) is 4.90 Å². The number of likely N-dealkylation sites (N-methyl/N-ethyl adjacent to an activating group) is 1. The lowest BCUT2D eigenvalue weighted by Gasteiger charge is -2.31. The van der Waals surface area contributed by atoms with Gasteiger partial charge >= 0.3 is 5.97 Å². The van der Waals surface area contributed by atoms with E-state index >= 15 is 0 Å². The van der Waals surface area contributed by atoms with Crippen molar-refractivity contribution in [2.75, 3.05) is 33.9 Å². The molecule has 0 bridgehead atoms. The Morgan fingerprint density at radius 1 is 0.837 bits per heavy atom. The van der Waals surface area contributed by atoms with E-state index in [1.807, 2.05) is 24.3 Å². The molecule has 5 heteroatoms. The Balaban J connectivity index is 1.27. The summed E-state index contributed by atoms with van der Waals surface area (Å²) in [5, 5.41) is 0. The third-order valence-corrected chi connectivity index (χ3v) is 8.46. The molecule has 4 aromatic carbocycles. The number of hydrogen-bond donors (Lipinski definition) is 0. The Morgan fingerprint density at radius 2 is 1.58 bits per heavy atom. The zero-order chi connectivity index (χ0) is 30.0. The van der Waals surface area contributed by atoms with Crippen molar-refractivity contribution >= 4 is 5.97 Å². The maximum atomic E-state index is 12.1. The molecule has 2 unspecified atom stereocenters.